The summed E-state index contributed by atoms with van der Waals surface area (Å²) in [6, 6.07) is 2.14. The predicted molar refractivity (Wildman–Crippen MR) is 56.1 cm³/mol. The first kappa shape index (κ1) is 13.9. The van der Waals surface area contributed by atoms with Crippen molar-refractivity contribution in [1.82, 2.24) is 0 Å². The summed E-state index contributed by atoms with van der Waals surface area (Å²) in [5, 5.41) is 26.7. The summed E-state index contributed by atoms with van der Waals surface area (Å²) in [6.45, 7) is 4.04. The Morgan fingerprint density at radius 2 is 2.00 bits per heavy atom. The highest BCUT2D eigenvalue weighted by molar-refractivity contribution is 5.66. The first-order chi connectivity index (χ1) is 6.95. The number of nitrogens with zero attached hydrogens (tertiary/aromatic N) is 1. The Hall–Kier alpha value is -1.08. The second-order valence-corrected chi connectivity index (χ2v) is 4.28. The van der Waals surface area contributed by atoms with E-state index in [9.17, 15) is 9.90 Å². The molecule has 15 heavy (non-hydrogen) atoms. The standard InChI is InChI=1S/C11H19NO3/c1-8(2)5-9(7-12)6-10(13)3-4-11(14)15/h8-10,13H,3-6H2,1-2H3,(H,14,15)/t9-,10?/m0/s1. The molecule has 0 fully saturated rings. The van der Waals surface area contributed by atoms with Crippen LogP contribution >= 0.6 is 0 Å². The fourth-order valence-electron chi connectivity index (χ4n) is 1.51. The van der Waals surface area contributed by atoms with E-state index in [1.165, 1.54) is 0 Å². The third kappa shape index (κ3) is 7.95. The van der Waals surface area contributed by atoms with Gasteiger partial charge in [-0.05, 0) is 25.2 Å². The number of rotatable bonds is 7. The number of aliphatic carboxylic acids is 1. The first-order valence-corrected chi connectivity index (χ1v) is 5.25. The third-order valence-electron chi connectivity index (χ3n) is 2.19. The number of carbonyl (C=O) groups is 1. The Balaban J connectivity index is 3.86. The molecule has 4 heteroatoms. The summed E-state index contributed by atoms with van der Waals surface area (Å²) in [7, 11) is 0. The van der Waals surface area contributed by atoms with Crippen molar-refractivity contribution >= 4 is 5.97 Å². The van der Waals surface area contributed by atoms with Gasteiger partial charge < -0.3 is 10.2 Å². The number of hydrogen-bond acceptors (Lipinski definition) is 3. The minimum atomic E-state index is -0.911. The largest absolute Gasteiger partial charge is 0.481 e. The highest BCUT2D eigenvalue weighted by atomic mass is 16.4. The smallest absolute Gasteiger partial charge is 0.303 e. The molecule has 0 aliphatic heterocycles. The summed E-state index contributed by atoms with van der Waals surface area (Å²) >= 11 is 0. The zero-order valence-corrected chi connectivity index (χ0v) is 9.31. The van der Waals surface area contributed by atoms with Crippen molar-refractivity contribution < 1.29 is 15.0 Å². The van der Waals surface area contributed by atoms with Crippen LogP contribution in [-0.4, -0.2) is 22.3 Å². The number of aliphatic hydroxyl groups excluding tert-OH is 1. The SMILES string of the molecule is CC(C)C[C@H](C#N)CC(O)CCC(=O)O. The Labute approximate surface area is 90.5 Å². The lowest BCUT2D eigenvalue weighted by molar-refractivity contribution is -0.137. The van der Waals surface area contributed by atoms with Crippen molar-refractivity contribution in [3.05, 3.63) is 0 Å². The van der Waals surface area contributed by atoms with Gasteiger partial charge >= 0.3 is 5.97 Å². The second kappa shape index (κ2) is 7.24. The van der Waals surface area contributed by atoms with Crippen LogP contribution < -0.4 is 0 Å². The van der Waals surface area contributed by atoms with Crippen LogP contribution in [0.3, 0.4) is 0 Å². The number of carboxylic acids is 1. The fraction of sp³-hybridized carbons (Fsp3) is 0.818. The van der Waals surface area contributed by atoms with Crippen LogP contribution in [-0.2, 0) is 4.79 Å². The number of aliphatic hydroxyl groups is 1. The lowest BCUT2D eigenvalue weighted by Gasteiger charge is -2.15. The highest BCUT2D eigenvalue weighted by Crippen LogP contribution is 2.18. The van der Waals surface area contributed by atoms with E-state index in [1.807, 2.05) is 13.8 Å². The number of carboxylic acid groups (broad SMARTS) is 1. The topological polar surface area (TPSA) is 81.3 Å². The molecule has 0 rings (SSSR count). The Kier molecular flexibility index (Phi) is 6.72. The van der Waals surface area contributed by atoms with E-state index in [2.05, 4.69) is 6.07 Å². The maximum Gasteiger partial charge on any atom is 0.303 e. The zero-order valence-electron chi connectivity index (χ0n) is 9.31. The Morgan fingerprint density at radius 3 is 2.40 bits per heavy atom. The first-order valence-electron chi connectivity index (χ1n) is 5.25. The van der Waals surface area contributed by atoms with Crippen molar-refractivity contribution in [3.63, 3.8) is 0 Å². The quantitative estimate of drug-likeness (QED) is 0.675. The van der Waals surface area contributed by atoms with Gasteiger partial charge in [0.05, 0.1) is 12.2 Å². The maximum atomic E-state index is 10.3. The molecule has 0 radical (unpaired) electrons. The molecule has 0 aliphatic carbocycles. The van der Waals surface area contributed by atoms with Crippen molar-refractivity contribution in [2.75, 3.05) is 0 Å². The molecular formula is C11H19NO3. The van der Waals surface area contributed by atoms with Gasteiger partial charge in [0.15, 0.2) is 0 Å². The average Bonchev–Trinajstić information content (AvgIpc) is 2.13. The van der Waals surface area contributed by atoms with E-state index in [0.717, 1.165) is 6.42 Å². The van der Waals surface area contributed by atoms with E-state index in [1.54, 1.807) is 0 Å². The fourth-order valence-corrected chi connectivity index (χ4v) is 1.51. The zero-order chi connectivity index (χ0) is 11.8. The monoisotopic (exact) mass is 213 g/mol. The summed E-state index contributed by atoms with van der Waals surface area (Å²) in [4.78, 5) is 10.3. The lowest BCUT2D eigenvalue weighted by Crippen LogP contribution is -2.15. The van der Waals surface area contributed by atoms with Gasteiger partial charge in [-0.3, -0.25) is 4.79 Å². The second-order valence-electron chi connectivity index (χ2n) is 4.28. The van der Waals surface area contributed by atoms with E-state index in [-0.39, 0.29) is 18.8 Å². The molecule has 86 valence electrons. The molecule has 0 amide bonds. The normalized spacial score (nSPS) is 14.6. The van der Waals surface area contributed by atoms with E-state index in [4.69, 9.17) is 10.4 Å². The molecule has 2 atom stereocenters. The molecule has 0 aromatic heterocycles. The minimum Gasteiger partial charge on any atom is -0.481 e. The van der Waals surface area contributed by atoms with Crippen molar-refractivity contribution in [3.8, 4) is 6.07 Å². The Bertz CT molecular complexity index is 232. The maximum absolute atomic E-state index is 10.3. The number of nitriles is 1. The molecule has 1 unspecified atom stereocenters. The molecule has 0 saturated heterocycles. The van der Waals surface area contributed by atoms with E-state index in [0.29, 0.717) is 12.3 Å². The van der Waals surface area contributed by atoms with Gasteiger partial charge in [-0.25, -0.2) is 0 Å². The average molecular weight is 213 g/mol. The van der Waals surface area contributed by atoms with E-state index >= 15 is 0 Å². The lowest BCUT2D eigenvalue weighted by atomic mass is 9.92. The van der Waals surface area contributed by atoms with Crippen molar-refractivity contribution in [1.29, 1.82) is 5.26 Å². The number of hydrogen-bond donors (Lipinski definition) is 2. The van der Waals surface area contributed by atoms with Crippen molar-refractivity contribution in [2.45, 2.75) is 45.6 Å². The van der Waals surface area contributed by atoms with Crippen LogP contribution in [0.1, 0.15) is 39.5 Å². The van der Waals surface area contributed by atoms with Gasteiger partial charge in [0.2, 0.25) is 0 Å². The molecule has 4 nitrogen and oxygen atoms in total. The molecule has 0 spiro atoms. The summed E-state index contributed by atoms with van der Waals surface area (Å²) in [5.74, 6) is -0.665. The van der Waals surface area contributed by atoms with Gasteiger partial charge in [-0.15, -0.1) is 0 Å². The third-order valence-corrected chi connectivity index (χ3v) is 2.19. The minimum absolute atomic E-state index is 0.0407. The predicted octanol–water partition coefficient (Wildman–Crippen LogP) is 1.79. The Morgan fingerprint density at radius 1 is 1.40 bits per heavy atom. The van der Waals surface area contributed by atoms with Gasteiger partial charge in [-0.1, -0.05) is 13.8 Å². The van der Waals surface area contributed by atoms with Gasteiger partial charge in [0.1, 0.15) is 0 Å². The summed E-state index contributed by atoms with van der Waals surface area (Å²) in [5.41, 5.74) is 0. The molecular weight excluding hydrogens is 194 g/mol. The van der Waals surface area contributed by atoms with Crippen LogP contribution in [0.2, 0.25) is 0 Å². The highest BCUT2D eigenvalue weighted by Gasteiger charge is 2.16. The van der Waals surface area contributed by atoms with Crippen LogP contribution in [0.5, 0.6) is 0 Å². The van der Waals surface area contributed by atoms with Crippen LogP contribution in [0.25, 0.3) is 0 Å². The van der Waals surface area contributed by atoms with E-state index < -0.39 is 12.1 Å². The summed E-state index contributed by atoms with van der Waals surface area (Å²) in [6.07, 6.45) is 0.638. The molecule has 0 aliphatic rings. The molecule has 0 aromatic carbocycles. The molecule has 0 bridgehead atoms. The van der Waals surface area contributed by atoms with Gasteiger partial charge in [0, 0.05) is 12.3 Å². The molecule has 0 heterocycles. The van der Waals surface area contributed by atoms with Gasteiger partial charge in [-0.2, -0.15) is 5.26 Å². The van der Waals surface area contributed by atoms with Crippen LogP contribution in [0, 0.1) is 23.2 Å². The van der Waals surface area contributed by atoms with Crippen molar-refractivity contribution in [2.24, 2.45) is 11.8 Å². The molecule has 0 saturated carbocycles. The van der Waals surface area contributed by atoms with Gasteiger partial charge in [0.25, 0.3) is 0 Å². The molecule has 2 N–H and O–H groups in total. The summed E-state index contributed by atoms with van der Waals surface area (Å²) < 4.78 is 0. The molecule has 0 aromatic rings. The van der Waals surface area contributed by atoms with Crippen LogP contribution in [0.4, 0.5) is 0 Å². The van der Waals surface area contributed by atoms with Crippen LogP contribution in [0.15, 0.2) is 0 Å².